The van der Waals surface area contributed by atoms with Crippen molar-refractivity contribution >= 4 is 33.2 Å². The minimum absolute atomic E-state index is 0.0437. The predicted molar refractivity (Wildman–Crippen MR) is 93.7 cm³/mol. The number of carbonyl (C=O) groups is 1. The van der Waals surface area contributed by atoms with Gasteiger partial charge in [-0.2, -0.15) is 0 Å². The van der Waals surface area contributed by atoms with E-state index in [1.807, 2.05) is 18.2 Å². The monoisotopic (exact) mass is 364 g/mol. The molecule has 1 aliphatic rings. The summed E-state index contributed by atoms with van der Waals surface area (Å²) >= 11 is 5.92. The van der Waals surface area contributed by atoms with Gasteiger partial charge < -0.3 is 5.32 Å². The molecular formula is C17H17ClN2O3S. The largest absolute Gasteiger partial charge is 0.326 e. The molecule has 0 saturated carbocycles. The fraction of sp³-hybridized carbons (Fsp3) is 0.235. The van der Waals surface area contributed by atoms with Gasteiger partial charge in [0.1, 0.15) is 0 Å². The second-order valence-corrected chi connectivity index (χ2v) is 7.85. The maximum absolute atomic E-state index is 12.4. The van der Waals surface area contributed by atoms with Crippen LogP contribution in [0.2, 0.25) is 5.02 Å². The first-order valence-corrected chi connectivity index (χ1v) is 9.47. The average molecular weight is 365 g/mol. The van der Waals surface area contributed by atoms with Crippen molar-refractivity contribution in [2.75, 3.05) is 11.9 Å². The summed E-state index contributed by atoms with van der Waals surface area (Å²) in [5.74, 6) is -0.0437. The predicted octanol–water partition coefficient (Wildman–Crippen LogP) is 2.75. The Morgan fingerprint density at radius 3 is 2.75 bits per heavy atom. The molecule has 24 heavy (non-hydrogen) atoms. The number of halogens is 1. The zero-order chi connectivity index (χ0) is 17.2. The average Bonchev–Trinajstić information content (AvgIpc) is 2.54. The number of aryl methyl sites for hydroxylation is 1. The van der Waals surface area contributed by atoms with Crippen LogP contribution in [0.3, 0.4) is 0 Å². The van der Waals surface area contributed by atoms with Gasteiger partial charge in [-0.1, -0.05) is 23.7 Å². The summed E-state index contributed by atoms with van der Waals surface area (Å²) in [4.78, 5) is 11.6. The summed E-state index contributed by atoms with van der Waals surface area (Å²) in [7, 11) is -3.58. The highest BCUT2D eigenvalue weighted by atomic mass is 35.5. The Labute approximate surface area is 146 Å². The number of hydrogen-bond acceptors (Lipinski definition) is 3. The van der Waals surface area contributed by atoms with Gasteiger partial charge in [-0.15, -0.1) is 0 Å². The standard InChI is InChI=1S/C17H17ClN2O3S/c18-14-3-1-2-12(10-14)8-9-19-24(22,23)15-5-6-16-13(11-15)4-7-17(21)20-16/h1-3,5-6,10-11,19H,4,7-9H2,(H,20,21). The quantitative estimate of drug-likeness (QED) is 0.856. The van der Waals surface area contributed by atoms with Crippen LogP contribution in [0.1, 0.15) is 17.5 Å². The van der Waals surface area contributed by atoms with Crippen molar-refractivity contribution < 1.29 is 13.2 Å². The molecule has 0 spiro atoms. The van der Waals surface area contributed by atoms with E-state index in [-0.39, 0.29) is 17.3 Å². The molecule has 3 rings (SSSR count). The second kappa shape index (κ2) is 6.93. The third-order valence-electron chi connectivity index (χ3n) is 3.88. The molecule has 0 atom stereocenters. The summed E-state index contributed by atoms with van der Waals surface area (Å²) in [6, 6.07) is 12.1. The molecule has 0 unspecified atom stereocenters. The fourth-order valence-corrected chi connectivity index (χ4v) is 3.93. The number of rotatable bonds is 5. The molecule has 5 nitrogen and oxygen atoms in total. The molecule has 1 aliphatic heterocycles. The SMILES string of the molecule is O=C1CCc2cc(S(=O)(=O)NCCc3cccc(Cl)c3)ccc2N1. The number of fused-ring (bicyclic) bond motifs is 1. The van der Waals surface area contributed by atoms with Crippen LogP contribution >= 0.6 is 11.6 Å². The Morgan fingerprint density at radius 1 is 1.12 bits per heavy atom. The first kappa shape index (κ1) is 17.0. The Kier molecular flexibility index (Phi) is 4.89. The number of hydrogen-bond donors (Lipinski definition) is 2. The highest BCUT2D eigenvalue weighted by Crippen LogP contribution is 2.25. The molecule has 1 amide bonds. The number of nitrogens with one attached hydrogen (secondary N) is 2. The number of carbonyl (C=O) groups excluding carboxylic acids is 1. The minimum atomic E-state index is -3.58. The summed E-state index contributed by atoms with van der Waals surface area (Å²) in [5.41, 5.74) is 2.50. The molecule has 2 aromatic carbocycles. The van der Waals surface area contributed by atoms with Gasteiger partial charge in [0.2, 0.25) is 15.9 Å². The van der Waals surface area contributed by atoms with Crippen LogP contribution in [-0.4, -0.2) is 20.9 Å². The molecule has 2 aromatic rings. The van der Waals surface area contributed by atoms with E-state index in [9.17, 15) is 13.2 Å². The van der Waals surface area contributed by atoms with Gasteiger partial charge in [0.25, 0.3) is 0 Å². The van der Waals surface area contributed by atoms with E-state index in [2.05, 4.69) is 10.0 Å². The molecule has 0 bridgehead atoms. The number of benzene rings is 2. The maximum atomic E-state index is 12.4. The van der Waals surface area contributed by atoms with Crippen molar-refractivity contribution in [3.05, 3.63) is 58.6 Å². The molecule has 0 radical (unpaired) electrons. The molecule has 0 saturated heterocycles. The van der Waals surface area contributed by atoms with Crippen LogP contribution in [-0.2, 0) is 27.7 Å². The summed E-state index contributed by atoms with van der Waals surface area (Å²) < 4.78 is 27.4. The van der Waals surface area contributed by atoms with Crippen molar-refractivity contribution in [2.45, 2.75) is 24.2 Å². The molecule has 0 fully saturated rings. The molecule has 2 N–H and O–H groups in total. The highest BCUT2D eigenvalue weighted by Gasteiger charge is 2.19. The molecule has 126 valence electrons. The minimum Gasteiger partial charge on any atom is -0.326 e. The Hall–Kier alpha value is -1.89. The van der Waals surface area contributed by atoms with E-state index < -0.39 is 10.0 Å². The van der Waals surface area contributed by atoms with Crippen LogP contribution in [0.15, 0.2) is 47.4 Å². The molecule has 1 heterocycles. The van der Waals surface area contributed by atoms with Crippen LogP contribution in [0.4, 0.5) is 5.69 Å². The Bertz CT molecular complexity index is 881. The van der Waals surface area contributed by atoms with Gasteiger partial charge in [0, 0.05) is 23.7 Å². The van der Waals surface area contributed by atoms with Gasteiger partial charge >= 0.3 is 0 Å². The second-order valence-electron chi connectivity index (χ2n) is 5.64. The first-order chi connectivity index (χ1) is 11.4. The third kappa shape index (κ3) is 3.95. The fourth-order valence-electron chi connectivity index (χ4n) is 2.63. The smallest absolute Gasteiger partial charge is 0.240 e. The van der Waals surface area contributed by atoms with Crippen LogP contribution in [0, 0.1) is 0 Å². The van der Waals surface area contributed by atoms with Crippen molar-refractivity contribution in [3.63, 3.8) is 0 Å². The van der Waals surface area contributed by atoms with Crippen LogP contribution in [0.5, 0.6) is 0 Å². The zero-order valence-corrected chi connectivity index (χ0v) is 14.5. The van der Waals surface area contributed by atoms with Gasteiger partial charge in [-0.05, 0) is 54.3 Å². The summed E-state index contributed by atoms with van der Waals surface area (Å²) in [6.45, 7) is 0.288. The number of amides is 1. The van der Waals surface area contributed by atoms with Crippen LogP contribution < -0.4 is 10.0 Å². The number of anilines is 1. The van der Waals surface area contributed by atoms with E-state index in [0.717, 1.165) is 11.1 Å². The van der Waals surface area contributed by atoms with E-state index in [4.69, 9.17) is 11.6 Å². The van der Waals surface area contributed by atoms with Gasteiger partial charge in [-0.3, -0.25) is 4.79 Å². The molecule has 7 heteroatoms. The Morgan fingerprint density at radius 2 is 1.96 bits per heavy atom. The zero-order valence-electron chi connectivity index (χ0n) is 12.9. The normalized spacial score (nSPS) is 14.1. The molecule has 0 aromatic heterocycles. The van der Waals surface area contributed by atoms with Gasteiger partial charge in [0.15, 0.2) is 0 Å². The van der Waals surface area contributed by atoms with Crippen molar-refractivity contribution in [1.29, 1.82) is 0 Å². The van der Waals surface area contributed by atoms with E-state index in [1.54, 1.807) is 18.2 Å². The van der Waals surface area contributed by atoms with Crippen LogP contribution in [0.25, 0.3) is 0 Å². The lowest BCUT2D eigenvalue weighted by Crippen LogP contribution is -2.26. The number of sulfonamides is 1. The van der Waals surface area contributed by atoms with Crippen molar-refractivity contribution in [2.24, 2.45) is 0 Å². The lowest BCUT2D eigenvalue weighted by atomic mass is 10.0. The summed E-state index contributed by atoms with van der Waals surface area (Å²) in [5, 5.41) is 3.37. The topological polar surface area (TPSA) is 75.3 Å². The lowest BCUT2D eigenvalue weighted by Gasteiger charge is -2.17. The molecule has 0 aliphatic carbocycles. The van der Waals surface area contributed by atoms with Gasteiger partial charge in [0.05, 0.1) is 4.90 Å². The lowest BCUT2D eigenvalue weighted by molar-refractivity contribution is -0.116. The van der Waals surface area contributed by atoms with Crippen molar-refractivity contribution in [3.8, 4) is 0 Å². The van der Waals surface area contributed by atoms with Gasteiger partial charge in [-0.25, -0.2) is 13.1 Å². The summed E-state index contributed by atoms with van der Waals surface area (Å²) in [6.07, 6.45) is 1.48. The van der Waals surface area contributed by atoms with E-state index in [0.29, 0.717) is 30.0 Å². The third-order valence-corrected chi connectivity index (χ3v) is 5.57. The maximum Gasteiger partial charge on any atom is 0.240 e. The Balaban J connectivity index is 1.68. The first-order valence-electron chi connectivity index (χ1n) is 7.61. The van der Waals surface area contributed by atoms with E-state index in [1.165, 1.54) is 6.07 Å². The highest BCUT2D eigenvalue weighted by molar-refractivity contribution is 7.89. The van der Waals surface area contributed by atoms with E-state index >= 15 is 0 Å². The molecular weight excluding hydrogens is 348 g/mol. The van der Waals surface area contributed by atoms with Crippen molar-refractivity contribution in [1.82, 2.24) is 4.72 Å².